The van der Waals surface area contributed by atoms with Gasteiger partial charge in [0.1, 0.15) is 0 Å². The number of nitrogens with one attached hydrogen (secondary N) is 1. The van der Waals surface area contributed by atoms with Gasteiger partial charge in [-0.3, -0.25) is 0 Å². The molecule has 1 aromatic carbocycles. The zero-order chi connectivity index (χ0) is 15.5. The largest absolute Gasteiger partial charge is 0.398 e. The fourth-order valence-corrected chi connectivity index (χ4v) is 3.55. The van der Waals surface area contributed by atoms with Crippen LogP contribution in [0.25, 0.3) is 0 Å². The van der Waals surface area contributed by atoms with E-state index in [4.69, 9.17) is 5.73 Å². The second kappa shape index (κ2) is 6.77. The SMILES string of the molecule is Cc1ccc(S(=O)(=O)NCCN2CCC(C)CC2)cc1N. The lowest BCUT2D eigenvalue weighted by molar-refractivity contribution is 0.195. The predicted molar refractivity (Wildman–Crippen MR) is 85.6 cm³/mol. The Morgan fingerprint density at radius 2 is 2.00 bits per heavy atom. The first kappa shape index (κ1) is 16.3. The van der Waals surface area contributed by atoms with Crippen LogP contribution in [0, 0.1) is 12.8 Å². The third kappa shape index (κ3) is 4.43. The van der Waals surface area contributed by atoms with Gasteiger partial charge in [-0.05, 0) is 56.5 Å². The number of anilines is 1. The number of aryl methyl sites for hydroxylation is 1. The van der Waals surface area contributed by atoms with Crippen molar-refractivity contribution in [3.8, 4) is 0 Å². The summed E-state index contributed by atoms with van der Waals surface area (Å²) in [4.78, 5) is 2.55. The van der Waals surface area contributed by atoms with Crippen LogP contribution in [0.1, 0.15) is 25.3 Å². The zero-order valence-corrected chi connectivity index (χ0v) is 13.6. The number of hydrogen-bond acceptors (Lipinski definition) is 4. The molecule has 1 aromatic rings. The van der Waals surface area contributed by atoms with E-state index in [1.165, 1.54) is 18.9 Å². The lowest BCUT2D eigenvalue weighted by Gasteiger charge is -2.30. The van der Waals surface area contributed by atoms with Crippen LogP contribution in [-0.2, 0) is 10.0 Å². The van der Waals surface area contributed by atoms with Crippen LogP contribution >= 0.6 is 0 Å². The molecule has 0 bridgehead atoms. The molecule has 1 saturated heterocycles. The molecular formula is C15H25N3O2S. The predicted octanol–water partition coefficient (Wildman–Crippen LogP) is 1.59. The second-order valence-electron chi connectivity index (χ2n) is 5.94. The Balaban J connectivity index is 1.88. The van der Waals surface area contributed by atoms with Gasteiger partial charge < -0.3 is 10.6 Å². The molecule has 1 aliphatic rings. The van der Waals surface area contributed by atoms with E-state index in [0.29, 0.717) is 12.2 Å². The van der Waals surface area contributed by atoms with Crippen LogP contribution in [0.4, 0.5) is 5.69 Å². The molecule has 5 nitrogen and oxygen atoms in total. The van der Waals surface area contributed by atoms with Crippen LogP contribution in [0.5, 0.6) is 0 Å². The summed E-state index contributed by atoms with van der Waals surface area (Å²) < 4.78 is 27.1. The Labute approximate surface area is 127 Å². The minimum absolute atomic E-state index is 0.234. The maximum absolute atomic E-state index is 12.2. The molecule has 0 aromatic heterocycles. The van der Waals surface area contributed by atoms with E-state index in [2.05, 4.69) is 16.5 Å². The van der Waals surface area contributed by atoms with Crippen molar-refractivity contribution >= 4 is 15.7 Å². The summed E-state index contributed by atoms with van der Waals surface area (Å²) in [5, 5.41) is 0. The van der Waals surface area contributed by atoms with Crippen molar-refractivity contribution in [2.75, 3.05) is 31.9 Å². The van der Waals surface area contributed by atoms with Crippen molar-refractivity contribution in [3.63, 3.8) is 0 Å². The first-order chi connectivity index (χ1) is 9.88. The van der Waals surface area contributed by atoms with Crippen molar-refractivity contribution in [1.29, 1.82) is 0 Å². The molecule has 0 radical (unpaired) electrons. The molecule has 0 spiro atoms. The second-order valence-corrected chi connectivity index (χ2v) is 7.71. The first-order valence-corrected chi connectivity index (χ1v) is 8.95. The van der Waals surface area contributed by atoms with Crippen molar-refractivity contribution in [2.24, 2.45) is 5.92 Å². The number of hydrogen-bond donors (Lipinski definition) is 2. The van der Waals surface area contributed by atoms with Crippen molar-refractivity contribution in [2.45, 2.75) is 31.6 Å². The molecule has 0 atom stereocenters. The smallest absolute Gasteiger partial charge is 0.240 e. The molecule has 0 amide bonds. The minimum atomic E-state index is -3.47. The van der Waals surface area contributed by atoms with Gasteiger partial charge in [0, 0.05) is 18.8 Å². The lowest BCUT2D eigenvalue weighted by Crippen LogP contribution is -2.39. The Bertz CT molecular complexity index is 579. The summed E-state index contributed by atoms with van der Waals surface area (Å²) in [7, 11) is -3.47. The van der Waals surface area contributed by atoms with E-state index < -0.39 is 10.0 Å². The first-order valence-electron chi connectivity index (χ1n) is 7.46. The molecule has 1 fully saturated rings. The fraction of sp³-hybridized carbons (Fsp3) is 0.600. The molecule has 21 heavy (non-hydrogen) atoms. The van der Waals surface area contributed by atoms with Crippen molar-refractivity contribution < 1.29 is 8.42 Å². The lowest BCUT2D eigenvalue weighted by atomic mass is 9.99. The summed E-state index contributed by atoms with van der Waals surface area (Å²) in [6, 6.07) is 4.84. The van der Waals surface area contributed by atoms with Gasteiger partial charge >= 0.3 is 0 Å². The number of piperidine rings is 1. The number of nitrogens with zero attached hydrogens (tertiary/aromatic N) is 1. The molecule has 0 aliphatic carbocycles. The third-order valence-corrected chi connectivity index (χ3v) is 5.62. The van der Waals surface area contributed by atoms with E-state index in [1.807, 2.05) is 6.92 Å². The Morgan fingerprint density at radius 1 is 1.33 bits per heavy atom. The molecule has 2 rings (SSSR count). The van der Waals surface area contributed by atoms with Gasteiger partial charge in [-0.15, -0.1) is 0 Å². The molecule has 1 heterocycles. The van der Waals surface area contributed by atoms with Crippen LogP contribution < -0.4 is 10.5 Å². The highest BCUT2D eigenvalue weighted by Gasteiger charge is 2.17. The molecular weight excluding hydrogens is 286 g/mol. The topological polar surface area (TPSA) is 75.4 Å². The fourth-order valence-electron chi connectivity index (χ4n) is 2.49. The summed E-state index contributed by atoms with van der Waals surface area (Å²) in [5.74, 6) is 0.786. The van der Waals surface area contributed by atoms with Crippen LogP contribution in [-0.4, -0.2) is 39.5 Å². The molecule has 0 unspecified atom stereocenters. The maximum Gasteiger partial charge on any atom is 0.240 e. The molecule has 1 aliphatic heterocycles. The number of nitrogen functional groups attached to an aromatic ring is 1. The highest BCUT2D eigenvalue weighted by atomic mass is 32.2. The van der Waals surface area contributed by atoms with E-state index in [0.717, 1.165) is 31.1 Å². The van der Waals surface area contributed by atoms with Gasteiger partial charge in [0.05, 0.1) is 4.90 Å². The van der Waals surface area contributed by atoms with Gasteiger partial charge in [-0.25, -0.2) is 13.1 Å². The number of benzene rings is 1. The van der Waals surface area contributed by atoms with Gasteiger partial charge in [0.2, 0.25) is 10.0 Å². The summed E-state index contributed by atoms with van der Waals surface area (Å²) in [6.45, 7) is 7.43. The zero-order valence-electron chi connectivity index (χ0n) is 12.8. The number of rotatable bonds is 5. The Morgan fingerprint density at radius 3 is 2.62 bits per heavy atom. The summed E-state index contributed by atoms with van der Waals surface area (Å²) in [6.07, 6.45) is 2.39. The van der Waals surface area contributed by atoms with Gasteiger partial charge in [0.15, 0.2) is 0 Å². The highest BCUT2D eigenvalue weighted by molar-refractivity contribution is 7.89. The Kier molecular flexibility index (Phi) is 5.24. The van der Waals surface area contributed by atoms with E-state index in [9.17, 15) is 8.42 Å². The summed E-state index contributed by atoms with van der Waals surface area (Å²) in [5.41, 5.74) is 7.16. The number of nitrogens with two attached hydrogens (primary N) is 1. The normalized spacial score (nSPS) is 18.0. The quantitative estimate of drug-likeness (QED) is 0.810. The van der Waals surface area contributed by atoms with E-state index >= 15 is 0 Å². The maximum atomic E-state index is 12.2. The average Bonchev–Trinajstić information content (AvgIpc) is 2.44. The van der Waals surface area contributed by atoms with Crippen molar-refractivity contribution in [1.82, 2.24) is 9.62 Å². The van der Waals surface area contributed by atoms with E-state index in [1.54, 1.807) is 12.1 Å². The van der Waals surface area contributed by atoms with Gasteiger partial charge in [-0.2, -0.15) is 0 Å². The molecule has 6 heteroatoms. The molecule has 118 valence electrons. The van der Waals surface area contributed by atoms with Gasteiger partial charge in [-0.1, -0.05) is 13.0 Å². The van der Waals surface area contributed by atoms with Crippen LogP contribution in [0.2, 0.25) is 0 Å². The third-order valence-electron chi connectivity index (χ3n) is 4.16. The number of sulfonamides is 1. The standard InChI is InChI=1S/C15H25N3O2S/c1-12-5-8-18(9-6-12)10-7-17-21(19,20)14-4-3-13(2)15(16)11-14/h3-4,11-12,17H,5-10,16H2,1-2H3. The average molecular weight is 311 g/mol. The van der Waals surface area contributed by atoms with Crippen molar-refractivity contribution in [3.05, 3.63) is 23.8 Å². The molecule has 3 N–H and O–H groups in total. The minimum Gasteiger partial charge on any atom is -0.398 e. The van der Waals surface area contributed by atoms with Gasteiger partial charge in [0.25, 0.3) is 0 Å². The van der Waals surface area contributed by atoms with Crippen LogP contribution in [0.15, 0.2) is 23.1 Å². The summed E-state index contributed by atoms with van der Waals surface area (Å²) >= 11 is 0. The van der Waals surface area contributed by atoms with E-state index in [-0.39, 0.29) is 4.90 Å². The monoisotopic (exact) mass is 311 g/mol. The highest BCUT2D eigenvalue weighted by Crippen LogP contribution is 2.17. The number of likely N-dealkylation sites (tertiary alicyclic amines) is 1. The van der Waals surface area contributed by atoms with Crippen LogP contribution in [0.3, 0.4) is 0 Å². The molecule has 0 saturated carbocycles. The Hall–Kier alpha value is -1.11.